The molecular formula is C25H27Cl2N5O3S2. The highest BCUT2D eigenvalue weighted by atomic mass is 35.5. The van der Waals surface area contributed by atoms with Gasteiger partial charge in [0.15, 0.2) is 5.13 Å². The summed E-state index contributed by atoms with van der Waals surface area (Å²) in [5, 5.41) is 15.6. The van der Waals surface area contributed by atoms with Crippen molar-refractivity contribution in [1.82, 2.24) is 14.9 Å². The fourth-order valence-electron chi connectivity index (χ4n) is 4.76. The van der Waals surface area contributed by atoms with E-state index in [4.69, 9.17) is 28.2 Å². The van der Waals surface area contributed by atoms with Gasteiger partial charge in [-0.15, -0.1) is 11.3 Å². The molecule has 1 amide bonds. The number of carbonyl (C=O) groups excluding carboxylic acids is 1. The number of anilines is 2. The van der Waals surface area contributed by atoms with Gasteiger partial charge in [0, 0.05) is 36.1 Å². The number of likely N-dealkylation sites (tertiary alicyclic amines) is 1. The van der Waals surface area contributed by atoms with E-state index in [1.165, 1.54) is 36.8 Å². The van der Waals surface area contributed by atoms with Crippen molar-refractivity contribution in [3.63, 3.8) is 0 Å². The number of aromatic nitrogens is 2. The largest absolute Gasteiger partial charge is 0.481 e. The summed E-state index contributed by atoms with van der Waals surface area (Å²) in [6.45, 7) is 4.04. The predicted molar refractivity (Wildman–Crippen MR) is 149 cm³/mol. The molecule has 0 aromatic carbocycles. The van der Waals surface area contributed by atoms with E-state index < -0.39 is 5.97 Å². The number of hydrogen-bond acceptors (Lipinski definition) is 8. The summed E-state index contributed by atoms with van der Waals surface area (Å²) < 4.78 is 0. The molecule has 0 atom stereocenters. The second-order valence-corrected chi connectivity index (χ2v) is 12.2. The molecule has 5 rings (SSSR count). The lowest BCUT2D eigenvalue weighted by Gasteiger charge is -2.31. The minimum absolute atomic E-state index is 0.334. The van der Waals surface area contributed by atoms with Gasteiger partial charge in [-0.3, -0.25) is 19.8 Å². The molecular weight excluding hydrogens is 553 g/mol. The highest BCUT2D eigenvalue weighted by Gasteiger charge is 2.27. The van der Waals surface area contributed by atoms with Gasteiger partial charge in [0.1, 0.15) is 5.82 Å². The van der Waals surface area contributed by atoms with E-state index in [0.29, 0.717) is 52.5 Å². The molecule has 5 heterocycles. The Balaban J connectivity index is 1.31. The summed E-state index contributed by atoms with van der Waals surface area (Å²) in [7, 11) is 0. The third-order valence-corrected chi connectivity index (χ3v) is 9.28. The molecule has 0 bridgehead atoms. The first kappa shape index (κ1) is 26.4. The Morgan fingerprint density at radius 1 is 1.11 bits per heavy atom. The quantitative estimate of drug-likeness (QED) is 0.348. The van der Waals surface area contributed by atoms with Crippen LogP contribution in [0.3, 0.4) is 0 Å². The highest BCUT2D eigenvalue weighted by Crippen LogP contribution is 2.37. The zero-order valence-corrected chi connectivity index (χ0v) is 23.2. The van der Waals surface area contributed by atoms with Gasteiger partial charge in [-0.2, -0.15) is 0 Å². The minimum Gasteiger partial charge on any atom is -0.481 e. The van der Waals surface area contributed by atoms with Crippen LogP contribution in [0.5, 0.6) is 0 Å². The highest BCUT2D eigenvalue weighted by molar-refractivity contribution is 7.17. The maximum atomic E-state index is 13.1. The summed E-state index contributed by atoms with van der Waals surface area (Å²) in [4.78, 5) is 40.0. The molecule has 2 saturated heterocycles. The first-order chi connectivity index (χ1) is 17.9. The van der Waals surface area contributed by atoms with Crippen LogP contribution in [0.4, 0.5) is 10.9 Å². The molecule has 3 aromatic rings. The van der Waals surface area contributed by atoms with Gasteiger partial charge in [0.05, 0.1) is 32.1 Å². The number of hydrogen-bond donors (Lipinski definition) is 2. The number of aliphatic carboxylic acids is 1. The zero-order valence-electron chi connectivity index (χ0n) is 20.1. The monoisotopic (exact) mass is 579 g/mol. The maximum absolute atomic E-state index is 13.1. The van der Waals surface area contributed by atoms with Crippen molar-refractivity contribution in [2.24, 2.45) is 5.92 Å². The number of pyridine rings is 1. The van der Waals surface area contributed by atoms with Gasteiger partial charge in [0.2, 0.25) is 0 Å². The first-order valence-electron chi connectivity index (χ1n) is 12.3. The summed E-state index contributed by atoms with van der Waals surface area (Å²) in [5.41, 5.74) is 1.20. The first-order valence-corrected chi connectivity index (χ1v) is 14.7. The summed E-state index contributed by atoms with van der Waals surface area (Å²) >= 11 is 15.7. The van der Waals surface area contributed by atoms with Crippen LogP contribution in [0.15, 0.2) is 23.7 Å². The molecule has 3 aromatic heterocycles. The second kappa shape index (κ2) is 11.7. The number of nitrogens with one attached hydrogen (secondary N) is 1. The van der Waals surface area contributed by atoms with Crippen molar-refractivity contribution in [2.45, 2.75) is 38.6 Å². The number of halogens is 2. The molecule has 0 unspecified atom stereocenters. The summed E-state index contributed by atoms with van der Waals surface area (Å²) in [6, 6.07) is 3.51. The Labute approximate surface area is 233 Å². The van der Waals surface area contributed by atoms with Gasteiger partial charge < -0.3 is 10.0 Å². The van der Waals surface area contributed by atoms with Crippen molar-refractivity contribution in [1.29, 1.82) is 0 Å². The molecule has 0 aliphatic carbocycles. The smallest absolute Gasteiger partial charge is 0.306 e. The number of carbonyl (C=O) groups is 2. The summed E-state index contributed by atoms with van der Waals surface area (Å²) in [6.07, 6.45) is 6.24. The van der Waals surface area contributed by atoms with Gasteiger partial charge in [0.25, 0.3) is 5.91 Å². The molecule has 2 fully saturated rings. The van der Waals surface area contributed by atoms with Crippen LogP contribution in [0.2, 0.25) is 10.0 Å². The molecule has 0 radical (unpaired) electrons. The van der Waals surface area contributed by atoms with Crippen LogP contribution in [0, 0.1) is 5.92 Å². The van der Waals surface area contributed by atoms with E-state index in [2.05, 4.69) is 15.2 Å². The third-order valence-electron chi connectivity index (χ3n) is 6.76. The van der Waals surface area contributed by atoms with Crippen molar-refractivity contribution in [2.75, 3.05) is 36.4 Å². The van der Waals surface area contributed by atoms with E-state index in [9.17, 15) is 14.7 Å². The van der Waals surface area contributed by atoms with Crippen LogP contribution in [0.1, 0.15) is 47.3 Å². The molecule has 2 aliphatic rings. The van der Waals surface area contributed by atoms with E-state index in [1.807, 2.05) is 16.3 Å². The molecule has 196 valence electrons. The van der Waals surface area contributed by atoms with Crippen LogP contribution < -0.4 is 10.2 Å². The fraction of sp³-hybridized carbons (Fsp3) is 0.440. The standard InChI is InChI=1S/C25H27Cl2N5O3S2/c26-17-11-19(36-14-17)21-20(13-31-6-2-1-3-7-31)37-25(29-21)30-23(33)16-10-18(27)22(28-12-16)32-8-4-15(5-9-32)24(34)35/h10-12,14-15H,1-9,13H2,(H,34,35)(H,29,30,33). The van der Waals surface area contributed by atoms with E-state index in [0.717, 1.165) is 35.1 Å². The van der Waals surface area contributed by atoms with E-state index in [-0.39, 0.29) is 11.8 Å². The fourth-order valence-corrected chi connectivity index (χ4v) is 7.21. The number of amides is 1. The van der Waals surface area contributed by atoms with Crippen molar-refractivity contribution >= 4 is 68.7 Å². The molecule has 2 N–H and O–H groups in total. The Morgan fingerprint density at radius 3 is 2.51 bits per heavy atom. The topological polar surface area (TPSA) is 98.7 Å². The Bertz CT molecular complexity index is 1280. The molecule has 0 saturated carbocycles. The van der Waals surface area contributed by atoms with Gasteiger partial charge in [-0.05, 0) is 50.9 Å². The lowest BCUT2D eigenvalue weighted by Crippen LogP contribution is -2.37. The van der Waals surface area contributed by atoms with Crippen LogP contribution in [-0.2, 0) is 11.3 Å². The molecule has 2 aliphatic heterocycles. The molecule has 37 heavy (non-hydrogen) atoms. The molecule has 0 spiro atoms. The number of carboxylic acid groups (broad SMARTS) is 1. The number of thiazole rings is 1. The Morgan fingerprint density at radius 2 is 1.86 bits per heavy atom. The lowest BCUT2D eigenvalue weighted by atomic mass is 9.97. The van der Waals surface area contributed by atoms with Gasteiger partial charge in [-0.25, -0.2) is 9.97 Å². The maximum Gasteiger partial charge on any atom is 0.306 e. The average molecular weight is 581 g/mol. The zero-order chi connectivity index (χ0) is 25.9. The van der Waals surface area contributed by atoms with E-state index >= 15 is 0 Å². The van der Waals surface area contributed by atoms with Gasteiger partial charge in [-0.1, -0.05) is 41.0 Å². The average Bonchev–Trinajstić information content (AvgIpc) is 3.50. The molecule has 8 nitrogen and oxygen atoms in total. The SMILES string of the molecule is O=C(Nc1nc(-c2cc(Cl)cs2)c(CN2CCCCC2)s1)c1cnc(N2CCC(C(=O)O)CC2)c(Cl)c1. The normalized spacial score (nSPS) is 17.2. The lowest BCUT2D eigenvalue weighted by molar-refractivity contribution is -0.142. The van der Waals surface area contributed by atoms with Gasteiger partial charge >= 0.3 is 5.97 Å². The number of nitrogens with zero attached hydrogens (tertiary/aromatic N) is 4. The second-order valence-electron chi connectivity index (χ2n) is 9.34. The van der Waals surface area contributed by atoms with E-state index in [1.54, 1.807) is 17.4 Å². The number of rotatable bonds is 7. The Hall–Kier alpha value is -2.24. The number of thiophene rings is 1. The third kappa shape index (κ3) is 6.26. The molecule has 12 heteroatoms. The van der Waals surface area contributed by atoms with Crippen LogP contribution in [0.25, 0.3) is 10.6 Å². The van der Waals surface area contributed by atoms with Crippen molar-refractivity contribution < 1.29 is 14.7 Å². The van der Waals surface area contributed by atoms with Crippen molar-refractivity contribution in [3.05, 3.63) is 44.2 Å². The van der Waals surface area contributed by atoms with Crippen molar-refractivity contribution in [3.8, 4) is 10.6 Å². The Kier molecular flexibility index (Phi) is 8.31. The number of piperidine rings is 2. The predicted octanol–water partition coefficient (Wildman–Crippen LogP) is 6.11. The van der Waals surface area contributed by atoms with Crippen LogP contribution >= 0.6 is 45.9 Å². The van der Waals surface area contributed by atoms with Crippen LogP contribution in [-0.4, -0.2) is 58.0 Å². The number of carboxylic acids is 1. The summed E-state index contributed by atoms with van der Waals surface area (Å²) in [5.74, 6) is -0.873. The minimum atomic E-state index is -0.766.